The highest BCUT2D eigenvalue weighted by atomic mass is 35.5. The summed E-state index contributed by atoms with van der Waals surface area (Å²) < 4.78 is 13.0. The number of anilines is 1. The number of fused-ring (bicyclic) bond motifs is 1. The van der Waals surface area contributed by atoms with Crippen molar-refractivity contribution in [2.45, 2.75) is 5.92 Å². The van der Waals surface area contributed by atoms with Crippen LogP contribution in [0.4, 0.5) is 5.69 Å². The van der Waals surface area contributed by atoms with E-state index in [9.17, 15) is 4.79 Å². The maximum absolute atomic E-state index is 12.8. The average molecular weight is 365 g/mol. The second-order valence-electron chi connectivity index (χ2n) is 6.14. The maximum atomic E-state index is 12.8. The van der Waals surface area contributed by atoms with E-state index in [4.69, 9.17) is 9.47 Å². The van der Waals surface area contributed by atoms with Crippen LogP contribution in [0.25, 0.3) is 0 Å². The minimum Gasteiger partial charge on any atom is -0.486 e. The van der Waals surface area contributed by atoms with Crippen molar-refractivity contribution >= 4 is 24.0 Å². The van der Waals surface area contributed by atoms with Gasteiger partial charge in [0.05, 0.1) is 17.8 Å². The minimum atomic E-state index is -0.144. The van der Waals surface area contributed by atoms with Gasteiger partial charge in [0.1, 0.15) is 13.2 Å². The standard InChI is InChI=1S/C17H20N4O3.ClH/c1-21-10-11(7-19-21)12-8-18-9-13(12)17(22)20-14-3-2-4-15-16(14)24-6-5-23-15;/h2-4,7,10,12-13,18H,5-6,8-9H2,1H3,(H,20,22);1H/t12-,13+;/m1./s1. The number of carbonyl (C=O) groups excluding carboxylic acids is 1. The van der Waals surface area contributed by atoms with Crippen LogP contribution < -0.4 is 20.1 Å². The number of ether oxygens (including phenoxy) is 2. The molecular weight excluding hydrogens is 344 g/mol. The van der Waals surface area contributed by atoms with Crippen molar-refractivity contribution < 1.29 is 14.3 Å². The summed E-state index contributed by atoms with van der Waals surface area (Å²) in [7, 11) is 1.88. The van der Waals surface area contributed by atoms with Crippen LogP contribution in [0, 0.1) is 5.92 Å². The number of hydrogen-bond donors (Lipinski definition) is 2. The molecule has 2 aromatic rings. The molecule has 1 aromatic carbocycles. The van der Waals surface area contributed by atoms with Gasteiger partial charge in [0.25, 0.3) is 0 Å². The van der Waals surface area contributed by atoms with Gasteiger partial charge in [0, 0.05) is 32.3 Å². The van der Waals surface area contributed by atoms with Crippen LogP contribution in [0.15, 0.2) is 30.6 Å². The van der Waals surface area contributed by atoms with Gasteiger partial charge < -0.3 is 20.1 Å². The molecule has 25 heavy (non-hydrogen) atoms. The first-order chi connectivity index (χ1) is 11.7. The van der Waals surface area contributed by atoms with Crippen molar-refractivity contribution in [3.63, 3.8) is 0 Å². The molecule has 1 saturated heterocycles. The van der Waals surface area contributed by atoms with Crippen molar-refractivity contribution in [3.8, 4) is 11.5 Å². The van der Waals surface area contributed by atoms with Crippen LogP contribution in [0.1, 0.15) is 11.5 Å². The fraction of sp³-hybridized carbons (Fsp3) is 0.412. The Morgan fingerprint density at radius 1 is 1.32 bits per heavy atom. The summed E-state index contributed by atoms with van der Waals surface area (Å²) >= 11 is 0. The number of benzene rings is 1. The number of hydrogen-bond acceptors (Lipinski definition) is 5. The summed E-state index contributed by atoms with van der Waals surface area (Å²) in [4.78, 5) is 12.8. The molecule has 2 N–H and O–H groups in total. The first-order valence-corrected chi connectivity index (χ1v) is 8.11. The third kappa shape index (κ3) is 3.43. The van der Waals surface area contributed by atoms with Gasteiger partial charge in [-0.25, -0.2) is 0 Å². The highest BCUT2D eigenvalue weighted by molar-refractivity contribution is 5.95. The maximum Gasteiger partial charge on any atom is 0.229 e. The van der Waals surface area contributed by atoms with Gasteiger partial charge in [-0.2, -0.15) is 5.10 Å². The van der Waals surface area contributed by atoms with E-state index >= 15 is 0 Å². The Morgan fingerprint density at radius 3 is 2.96 bits per heavy atom. The lowest BCUT2D eigenvalue weighted by molar-refractivity contribution is -0.119. The molecule has 7 nitrogen and oxygen atoms in total. The van der Waals surface area contributed by atoms with Crippen LogP contribution in [0.2, 0.25) is 0 Å². The van der Waals surface area contributed by atoms with Crippen LogP contribution >= 0.6 is 12.4 Å². The zero-order valence-electron chi connectivity index (χ0n) is 13.9. The van der Waals surface area contributed by atoms with E-state index in [0.29, 0.717) is 36.9 Å². The van der Waals surface area contributed by atoms with Gasteiger partial charge in [-0.1, -0.05) is 6.07 Å². The molecule has 1 amide bonds. The van der Waals surface area contributed by atoms with Crippen molar-refractivity contribution in [1.82, 2.24) is 15.1 Å². The van der Waals surface area contributed by atoms with E-state index in [2.05, 4.69) is 15.7 Å². The van der Waals surface area contributed by atoms with Crippen LogP contribution in [-0.4, -0.2) is 42.0 Å². The minimum absolute atomic E-state index is 0. The van der Waals surface area contributed by atoms with E-state index in [-0.39, 0.29) is 30.2 Å². The Balaban J connectivity index is 0.00000182. The third-order valence-corrected chi connectivity index (χ3v) is 4.53. The average Bonchev–Trinajstić information content (AvgIpc) is 3.24. The zero-order valence-corrected chi connectivity index (χ0v) is 14.7. The quantitative estimate of drug-likeness (QED) is 0.864. The first kappa shape index (κ1) is 17.6. The Kier molecular flexibility index (Phi) is 5.15. The molecule has 8 heteroatoms. The summed E-state index contributed by atoms with van der Waals surface area (Å²) in [5, 5.41) is 10.5. The van der Waals surface area contributed by atoms with Crippen LogP contribution in [0.5, 0.6) is 11.5 Å². The van der Waals surface area contributed by atoms with Crippen LogP contribution in [0.3, 0.4) is 0 Å². The number of nitrogens with one attached hydrogen (secondary N) is 2. The molecule has 0 unspecified atom stereocenters. The zero-order chi connectivity index (χ0) is 16.5. The SMILES string of the molecule is Cl.Cn1cc([C@H]2CNC[C@@H]2C(=O)Nc2cccc3c2OCCO3)cn1. The Labute approximate surface area is 152 Å². The molecule has 4 rings (SSSR count). The summed E-state index contributed by atoms with van der Waals surface area (Å²) in [5.74, 6) is 1.25. The van der Waals surface area contributed by atoms with Gasteiger partial charge >= 0.3 is 0 Å². The number of nitrogens with zero attached hydrogens (tertiary/aromatic N) is 2. The molecule has 0 spiro atoms. The lowest BCUT2D eigenvalue weighted by atomic mass is 9.90. The molecule has 0 radical (unpaired) electrons. The molecule has 2 atom stereocenters. The number of carbonyl (C=O) groups is 1. The Morgan fingerprint density at radius 2 is 2.16 bits per heavy atom. The lowest BCUT2D eigenvalue weighted by Crippen LogP contribution is -2.28. The van der Waals surface area contributed by atoms with E-state index in [1.807, 2.05) is 37.6 Å². The molecule has 2 aliphatic heterocycles. The van der Waals surface area contributed by atoms with E-state index < -0.39 is 0 Å². The lowest BCUT2D eigenvalue weighted by Gasteiger charge is -2.22. The second-order valence-corrected chi connectivity index (χ2v) is 6.14. The topological polar surface area (TPSA) is 77.4 Å². The second kappa shape index (κ2) is 7.33. The van der Waals surface area contributed by atoms with Crippen LogP contribution in [-0.2, 0) is 11.8 Å². The van der Waals surface area contributed by atoms with Gasteiger partial charge in [-0.3, -0.25) is 9.48 Å². The number of rotatable bonds is 3. The fourth-order valence-electron chi connectivity index (χ4n) is 3.33. The number of halogens is 1. The molecule has 0 aliphatic carbocycles. The molecule has 0 bridgehead atoms. The van der Waals surface area contributed by atoms with Crippen molar-refractivity contribution in [1.29, 1.82) is 0 Å². The van der Waals surface area contributed by atoms with E-state index in [1.165, 1.54) is 0 Å². The number of para-hydroxylation sites is 1. The van der Waals surface area contributed by atoms with Gasteiger partial charge in [0.2, 0.25) is 5.91 Å². The monoisotopic (exact) mass is 364 g/mol. The molecule has 1 aromatic heterocycles. The molecule has 134 valence electrons. The summed E-state index contributed by atoms with van der Waals surface area (Å²) in [6.45, 7) is 2.44. The molecule has 2 aliphatic rings. The predicted molar refractivity (Wildman–Crippen MR) is 95.6 cm³/mol. The number of amides is 1. The third-order valence-electron chi connectivity index (χ3n) is 4.53. The molecule has 3 heterocycles. The van der Waals surface area contributed by atoms with Crippen molar-refractivity contribution in [2.75, 3.05) is 31.6 Å². The van der Waals surface area contributed by atoms with Crippen molar-refractivity contribution in [3.05, 3.63) is 36.2 Å². The Hall–Kier alpha value is -2.25. The smallest absolute Gasteiger partial charge is 0.229 e. The van der Waals surface area contributed by atoms with Crippen molar-refractivity contribution in [2.24, 2.45) is 13.0 Å². The predicted octanol–water partition coefficient (Wildman–Crippen LogP) is 1.55. The molecular formula is C17H21ClN4O3. The highest BCUT2D eigenvalue weighted by Crippen LogP contribution is 2.38. The van der Waals surface area contributed by atoms with Gasteiger partial charge in [-0.15, -0.1) is 12.4 Å². The summed E-state index contributed by atoms with van der Waals surface area (Å²) in [6.07, 6.45) is 3.80. The largest absolute Gasteiger partial charge is 0.486 e. The normalized spacial score (nSPS) is 21.5. The van der Waals surface area contributed by atoms with Gasteiger partial charge in [-0.05, 0) is 17.7 Å². The Bertz CT molecular complexity index is 764. The summed E-state index contributed by atoms with van der Waals surface area (Å²) in [5.41, 5.74) is 1.74. The summed E-state index contributed by atoms with van der Waals surface area (Å²) in [6, 6.07) is 5.54. The first-order valence-electron chi connectivity index (χ1n) is 8.11. The molecule has 1 fully saturated rings. The molecule has 0 saturated carbocycles. The fourth-order valence-corrected chi connectivity index (χ4v) is 3.33. The van der Waals surface area contributed by atoms with E-state index in [1.54, 1.807) is 4.68 Å². The highest BCUT2D eigenvalue weighted by Gasteiger charge is 2.35. The van der Waals surface area contributed by atoms with Gasteiger partial charge in [0.15, 0.2) is 11.5 Å². The number of aromatic nitrogens is 2. The number of aryl methyl sites for hydroxylation is 1. The van der Waals surface area contributed by atoms with E-state index in [0.717, 1.165) is 12.1 Å².